The molecule has 0 fully saturated rings. The molecule has 0 aliphatic rings. The van der Waals surface area contributed by atoms with E-state index in [0.29, 0.717) is 18.8 Å². The molecule has 0 unspecified atom stereocenters. The van der Waals surface area contributed by atoms with Crippen LogP contribution >= 0.6 is 11.3 Å². The number of carbonyl (C=O) groups excluding carboxylic acids is 1. The molecule has 22 heavy (non-hydrogen) atoms. The quantitative estimate of drug-likeness (QED) is 0.796. The fraction of sp³-hybridized carbons (Fsp3) is 0.667. The summed E-state index contributed by atoms with van der Waals surface area (Å²) < 4.78 is 11.6. The van der Waals surface area contributed by atoms with Crippen LogP contribution < -0.4 is 10.6 Å². The summed E-state index contributed by atoms with van der Waals surface area (Å²) in [6.45, 7) is 6.77. The molecular weight excluding hydrogens is 318 g/mol. The zero-order chi connectivity index (χ0) is 16.8. The van der Waals surface area contributed by atoms with Gasteiger partial charge in [-0.25, -0.2) is 4.79 Å². The SMILES string of the molecule is CN(C)[C@@H](CNC(=O)NCC[S@@](=O)C(C)(C)C)c1cccs1. The standard InChI is InChI=1S/C15H27N3O2S2/c1-15(2,3)22(20)10-8-16-14(19)17-11-12(18(4)5)13-7-6-9-21-13/h6-7,9,12H,8,10-11H2,1-5H3,(H2,16,17,19)/t12-,22+/m0/s1. The lowest BCUT2D eigenvalue weighted by Crippen LogP contribution is -2.42. The van der Waals surface area contributed by atoms with Crippen molar-refractivity contribution in [2.75, 3.05) is 32.9 Å². The maximum Gasteiger partial charge on any atom is 0.314 e. The number of urea groups is 1. The fourth-order valence-electron chi connectivity index (χ4n) is 1.83. The van der Waals surface area contributed by atoms with Crippen molar-refractivity contribution in [3.05, 3.63) is 22.4 Å². The minimum atomic E-state index is -0.947. The van der Waals surface area contributed by atoms with Crippen molar-refractivity contribution in [2.45, 2.75) is 31.6 Å². The number of amides is 2. The molecule has 2 amide bonds. The Morgan fingerprint density at radius 3 is 2.55 bits per heavy atom. The Kier molecular flexibility index (Phi) is 7.52. The highest BCUT2D eigenvalue weighted by atomic mass is 32.2. The van der Waals surface area contributed by atoms with Crippen molar-refractivity contribution in [3.63, 3.8) is 0 Å². The summed E-state index contributed by atoms with van der Waals surface area (Å²) in [5, 5.41) is 7.68. The van der Waals surface area contributed by atoms with Gasteiger partial charge in [0.05, 0.1) is 6.04 Å². The Morgan fingerprint density at radius 1 is 1.36 bits per heavy atom. The van der Waals surface area contributed by atoms with E-state index in [1.807, 2.05) is 46.3 Å². The predicted octanol–water partition coefficient (Wildman–Crippen LogP) is 2.20. The number of nitrogens with one attached hydrogen (secondary N) is 2. The number of rotatable bonds is 7. The molecule has 1 aromatic rings. The molecule has 1 aromatic heterocycles. The zero-order valence-electron chi connectivity index (χ0n) is 14.0. The minimum Gasteiger partial charge on any atom is -0.337 e. The Balaban J connectivity index is 2.34. The normalized spacial score (nSPS) is 14.6. The Hall–Kier alpha value is -0.920. The number of thiophene rings is 1. The number of likely N-dealkylation sites (N-methyl/N-ethyl adjacent to an activating group) is 1. The second kappa shape index (κ2) is 8.64. The molecule has 1 rings (SSSR count). The zero-order valence-corrected chi connectivity index (χ0v) is 15.6. The summed E-state index contributed by atoms with van der Waals surface area (Å²) in [5.74, 6) is 0.471. The van der Waals surface area contributed by atoms with E-state index in [4.69, 9.17) is 0 Å². The van der Waals surface area contributed by atoms with Gasteiger partial charge >= 0.3 is 6.03 Å². The van der Waals surface area contributed by atoms with E-state index in [0.717, 1.165) is 0 Å². The molecule has 0 bridgehead atoms. The van der Waals surface area contributed by atoms with Crippen LogP contribution in [0, 0.1) is 0 Å². The Labute approximate surface area is 139 Å². The van der Waals surface area contributed by atoms with Gasteiger partial charge in [0.15, 0.2) is 0 Å². The average molecular weight is 346 g/mol. The van der Waals surface area contributed by atoms with Crippen LogP contribution in [0.15, 0.2) is 17.5 Å². The summed E-state index contributed by atoms with van der Waals surface area (Å²) >= 11 is 1.68. The van der Waals surface area contributed by atoms with E-state index >= 15 is 0 Å². The van der Waals surface area contributed by atoms with Crippen molar-refractivity contribution >= 4 is 28.2 Å². The van der Waals surface area contributed by atoms with E-state index in [1.165, 1.54) is 4.88 Å². The van der Waals surface area contributed by atoms with Crippen LogP contribution in [0.2, 0.25) is 0 Å². The molecule has 0 aromatic carbocycles. The van der Waals surface area contributed by atoms with Crippen LogP contribution in [0.25, 0.3) is 0 Å². The van der Waals surface area contributed by atoms with E-state index in [-0.39, 0.29) is 16.8 Å². The molecule has 0 saturated carbocycles. The van der Waals surface area contributed by atoms with Gasteiger partial charge in [0.1, 0.15) is 0 Å². The molecule has 2 N–H and O–H groups in total. The highest BCUT2D eigenvalue weighted by Gasteiger charge is 2.19. The first-order chi connectivity index (χ1) is 10.2. The first kappa shape index (κ1) is 19.1. The monoisotopic (exact) mass is 345 g/mol. The van der Waals surface area contributed by atoms with Gasteiger partial charge in [-0.3, -0.25) is 4.21 Å². The summed E-state index contributed by atoms with van der Waals surface area (Å²) in [6.07, 6.45) is 0. The first-order valence-electron chi connectivity index (χ1n) is 7.32. The molecule has 7 heteroatoms. The molecule has 126 valence electrons. The van der Waals surface area contributed by atoms with Crippen LogP contribution in [0.4, 0.5) is 4.79 Å². The number of hydrogen-bond acceptors (Lipinski definition) is 4. The second-order valence-electron chi connectivity index (χ2n) is 6.29. The minimum absolute atomic E-state index is 0.162. The lowest BCUT2D eigenvalue weighted by molar-refractivity contribution is 0.234. The lowest BCUT2D eigenvalue weighted by atomic mass is 10.2. The molecule has 0 spiro atoms. The third kappa shape index (κ3) is 6.46. The van der Waals surface area contributed by atoms with E-state index in [9.17, 15) is 9.00 Å². The van der Waals surface area contributed by atoms with Crippen LogP contribution in [-0.4, -0.2) is 52.8 Å². The van der Waals surface area contributed by atoms with Gasteiger partial charge < -0.3 is 15.5 Å². The van der Waals surface area contributed by atoms with Crippen molar-refractivity contribution in [1.29, 1.82) is 0 Å². The fourth-order valence-corrected chi connectivity index (χ4v) is 3.66. The van der Waals surface area contributed by atoms with Gasteiger partial charge in [0.2, 0.25) is 0 Å². The smallest absolute Gasteiger partial charge is 0.314 e. The number of hydrogen-bond donors (Lipinski definition) is 2. The predicted molar refractivity (Wildman–Crippen MR) is 94.9 cm³/mol. The highest BCUT2D eigenvalue weighted by molar-refractivity contribution is 7.86. The molecule has 1 heterocycles. The van der Waals surface area contributed by atoms with Gasteiger partial charge in [0.25, 0.3) is 0 Å². The van der Waals surface area contributed by atoms with Crippen molar-refractivity contribution in [1.82, 2.24) is 15.5 Å². The maximum absolute atomic E-state index is 11.9. The van der Waals surface area contributed by atoms with Gasteiger partial charge in [-0.2, -0.15) is 0 Å². The summed E-state index contributed by atoms with van der Waals surface area (Å²) in [5.41, 5.74) is 0. The summed E-state index contributed by atoms with van der Waals surface area (Å²) in [4.78, 5) is 15.1. The first-order valence-corrected chi connectivity index (χ1v) is 9.51. The van der Waals surface area contributed by atoms with Gasteiger partial charge in [-0.15, -0.1) is 11.3 Å². The van der Waals surface area contributed by atoms with E-state index in [1.54, 1.807) is 11.3 Å². The third-order valence-electron chi connectivity index (χ3n) is 3.21. The molecule has 0 saturated heterocycles. The van der Waals surface area contributed by atoms with Crippen LogP contribution in [0.3, 0.4) is 0 Å². The van der Waals surface area contributed by atoms with Gasteiger partial charge in [-0.1, -0.05) is 6.07 Å². The maximum atomic E-state index is 11.9. The van der Waals surface area contributed by atoms with Crippen molar-refractivity contribution in [2.24, 2.45) is 0 Å². The van der Waals surface area contributed by atoms with E-state index in [2.05, 4.69) is 21.6 Å². The van der Waals surface area contributed by atoms with Crippen molar-refractivity contribution in [3.8, 4) is 0 Å². The highest BCUT2D eigenvalue weighted by Crippen LogP contribution is 2.22. The molecule has 0 aliphatic carbocycles. The number of carbonyl (C=O) groups is 1. The molecule has 5 nitrogen and oxygen atoms in total. The summed E-state index contributed by atoms with van der Waals surface area (Å²) in [7, 11) is 3.05. The largest absolute Gasteiger partial charge is 0.337 e. The lowest BCUT2D eigenvalue weighted by Gasteiger charge is -2.23. The number of nitrogens with zero attached hydrogens (tertiary/aromatic N) is 1. The van der Waals surface area contributed by atoms with E-state index < -0.39 is 10.8 Å². The van der Waals surface area contributed by atoms with Crippen molar-refractivity contribution < 1.29 is 9.00 Å². The van der Waals surface area contributed by atoms with Gasteiger partial charge in [0, 0.05) is 39.3 Å². The van der Waals surface area contributed by atoms with Crippen LogP contribution in [0.1, 0.15) is 31.7 Å². The third-order valence-corrected chi connectivity index (χ3v) is 6.12. The molecule has 2 atom stereocenters. The average Bonchev–Trinajstić information content (AvgIpc) is 2.91. The Bertz CT molecular complexity index is 481. The second-order valence-corrected chi connectivity index (χ2v) is 9.60. The summed E-state index contributed by atoms with van der Waals surface area (Å²) in [6, 6.07) is 4.03. The topological polar surface area (TPSA) is 61.4 Å². The molecule has 0 radical (unpaired) electrons. The van der Waals surface area contributed by atoms with Crippen LogP contribution in [0.5, 0.6) is 0 Å². The van der Waals surface area contributed by atoms with Crippen LogP contribution in [-0.2, 0) is 10.8 Å². The van der Waals surface area contributed by atoms with Gasteiger partial charge in [-0.05, 0) is 46.3 Å². The molecular formula is C15H27N3O2S2. The Morgan fingerprint density at radius 2 is 2.05 bits per heavy atom. The molecule has 0 aliphatic heterocycles.